The van der Waals surface area contributed by atoms with E-state index in [1.165, 1.54) is 12.1 Å². The van der Waals surface area contributed by atoms with Crippen LogP contribution in [0.2, 0.25) is 5.02 Å². The maximum Gasteiger partial charge on any atom is 0.255 e. The summed E-state index contributed by atoms with van der Waals surface area (Å²) in [7, 11) is -3.98. The lowest BCUT2D eigenvalue weighted by Gasteiger charge is -2.43. The van der Waals surface area contributed by atoms with Crippen molar-refractivity contribution in [2.75, 3.05) is 5.32 Å². The fraction of sp³-hybridized carbons (Fsp3) is 0.500. The van der Waals surface area contributed by atoms with Crippen LogP contribution in [0.25, 0.3) is 0 Å². The van der Waals surface area contributed by atoms with Crippen molar-refractivity contribution in [1.29, 1.82) is 0 Å². The van der Waals surface area contributed by atoms with Crippen LogP contribution in [0.3, 0.4) is 0 Å². The van der Waals surface area contributed by atoms with Gasteiger partial charge in [0.05, 0.1) is 26.9 Å². The Morgan fingerprint density at radius 1 is 1.14 bits per heavy atom. The van der Waals surface area contributed by atoms with Crippen molar-refractivity contribution in [2.24, 2.45) is 11.8 Å². The number of hydrogen-bond acceptors (Lipinski definition) is 5. The van der Waals surface area contributed by atoms with Gasteiger partial charge in [-0.3, -0.25) is 4.79 Å². The molecule has 6 nitrogen and oxygen atoms in total. The van der Waals surface area contributed by atoms with Crippen molar-refractivity contribution >= 4 is 33.0 Å². The molecule has 5 atom stereocenters. The molecule has 2 aliphatic rings. The number of hydrogen-bond donors (Lipinski definition) is 3. The third-order valence-corrected chi connectivity index (χ3v) is 10.4. The molecule has 2 aromatic carbocycles. The van der Waals surface area contributed by atoms with Crippen LogP contribution in [-0.4, -0.2) is 41.5 Å². The van der Waals surface area contributed by atoms with Crippen molar-refractivity contribution < 1.29 is 36.6 Å². The topological polar surface area (TPSA) is 104 Å². The SMILES string of the molecule is CC(O)CCCC1(O)C2CC[C@H]1CC(S(=O)(=O)c1cc(C(=O)Nc3cc(F)c(F)c(F)c3)ccc1Cl)C2. The second-order valence-electron chi connectivity index (χ2n) is 10.2. The molecule has 0 heterocycles. The fourth-order valence-corrected chi connectivity index (χ4v) is 8.23. The molecule has 0 aliphatic heterocycles. The van der Waals surface area contributed by atoms with E-state index in [0.717, 1.165) is 6.07 Å². The first kappa shape index (κ1) is 27.9. The average molecular weight is 560 g/mol. The molecule has 0 saturated heterocycles. The number of carbonyl (C=O) groups is 1. The van der Waals surface area contributed by atoms with E-state index in [4.69, 9.17) is 11.6 Å². The summed E-state index contributed by atoms with van der Waals surface area (Å²) in [6.45, 7) is 1.69. The van der Waals surface area contributed by atoms with Gasteiger partial charge in [-0.2, -0.15) is 0 Å². The normalized spacial score (nSPS) is 26.2. The van der Waals surface area contributed by atoms with Crippen molar-refractivity contribution in [2.45, 2.75) is 73.7 Å². The van der Waals surface area contributed by atoms with Gasteiger partial charge < -0.3 is 15.5 Å². The van der Waals surface area contributed by atoms with Gasteiger partial charge in [-0.25, -0.2) is 21.6 Å². The Kier molecular flexibility index (Phi) is 7.95. The highest BCUT2D eigenvalue weighted by molar-refractivity contribution is 7.92. The Labute approximate surface area is 218 Å². The van der Waals surface area contributed by atoms with E-state index in [9.17, 15) is 36.6 Å². The first-order valence-electron chi connectivity index (χ1n) is 12.2. The molecule has 1 amide bonds. The Balaban J connectivity index is 1.53. The fourth-order valence-electron chi connectivity index (χ4n) is 5.83. The predicted octanol–water partition coefficient (Wildman–Crippen LogP) is 5.25. The number of carbonyl (C=O) groups excluding carboxylic acids is 1. The van der Waals surface area contributed by atoms with E-state index >= 15 is 0 Å². The molecule has 0 radical (unpaired) electrons. The average Bonchev–Trinajstić information content (AvgIpc) is 2.98. The minimum Gasteiger partial charge on any atom is -0.393 e. The summed E-state index contributed by atoms with van der Waals surface area (Å²) in [5.74, 6) is -5.88. The highest BCUT2D eigenvalue weighted by Gasteiger charge is 2.55. The summed E-state index contributed by atoms with van der Waals surface area (Å²) in [6.07, 6.45) is 3.17. The molecule has 2 fully saturated rings. The van der Waals surface area contributed by atoms with E-state index < -0.39 is 50.2 Å². The first-order valence-corrected chi connectivity index (χ1v) is 14.1. The van der Waals surface area contributed by atoms with Gasteiger partial charge in [-0.1, -0.05) is 11.6 Å². The van der Waals surface area contributed by atoms with Gasteiger partial charge in [-0.15, -0.1) is 0 Å². The minimum absolute atomic E-state index is 0.0689. The second kappa shape index (κ2) is 10.6. The number of aliphatic hydroxyl groups is 2. The van der Waals surface area contributed by atoms with Gasteiger partial charge in [0.2, 0.25) is 0 Å². The molecule has 2 saturated carbocycles. The molecule has 0 aromatic heterocycles. The number of fused-ring (bicyclic) bond motifs is 2. The number of benzene rings is 2. The number of rotatable bonds is 8. The molecule has 0 spiro atoms. The largest absolute Gasteiger partial charge is 0.393 e. The first-order chi connectivity index (χ1) is 17.3. The summed E-state index contributed by atoms with van der Waals surface area (Å²) in [4.78, 5) is 12.5. The number of sulfone groups is 1. The molecule has 11 heteroatoms. The van der Waals surface area contributed by atoms with Crippen LogP contribution in [0.5, 0.6) is 0 Å². The minimum atomic E-state index is -3.98. The number of halogens is 4. The Bertz CT molecular complexity index is 1270. The van der Waals surface area contributed by atoms with E-state index in [0.29, 0.717) is 44.2 Å². The van der Waals surface area contributed by atoms with E-state index in [-0.39, 0.29) is 45.8 Å². The molecular weight excluding hydrogens is 531 g/mol. The maximum atomic E-state index is 13.6. The quantitative estimate of drug-likeness (QED) is 0.383. The maximum absolute atomic E-state index is 13.6. The number of aliphatic hydroxyl groups excluding tert-OH is 1. The van der Waals surface area contributed by atoms with Gasteiger partial charge >= 0.3 is 0 Å². The molecule has 2 aromatic rings. The zero-order valence-electron chi connectivity index (χ0n) is 20.2. The van der Waals surface area contributed by atoms with Crippen LogP contribution >= 0.6 is 11.6 Å². The monoisotopic (exact) mass is 559 g/mol. The van der Waals surface area contributed by atoms with Crippen molar-refractivity contribution in [3.63, 3.8) is 0 Å². The van der Waals surface area contributed by atoms with E-state index in [1.54, 1.807) is 6.92 Å². The molecule has 4 unspecified atom stereocenters. The Morgan fingerprint density at radius 2 is 1.73 bits per heavy atom. The second-order valence-corrected chi connectivity index (χ2v) is 12.8. The smallest absolute Gasteiger partial charge is 0.255 e. The van der Waals surface area contributed by atoms with Gasteiger partial charge in [0.1, 0.15) is 0 Å². The highest BCUT2D eigenvalue weighted by Crippen LogP contribution is 2.54. The Hall–Kier alpha value is -2.14. The summed E-state index contributed by atoms with van der Waals surface area (Å²) >= 11 is 6.24. The van der Waals surface area contributed by atoms with Crippen molar-refractivity contribution in [1.82, 2.24) is 0 Å². The lowest BCUT2D eigenvalue weighted by atomic mass is 9.71. The van der Waals surface area contributed by atoms with Crippen LogP contribution in [0, 0.1) is 29.3 Å². The highest BCUT2D eigenvalue weighted by atomic mass is 35.5. The molecule has 202 valence electrons. The zero-order valence-corrected chi connectivity index (χ0v) is 21.8. The van der Waals surface area contributed by atoms with Crippen molar-refractivity contribution in [3.05, 3.63) is 58.4 Å². The Morgan fingerprint density at radius 3 is 2.30 bits per heavy atom. The predicted molar refractivity (Wildman–Crippen MR) is 133 cm³/mol. The van der Waals surface area contributed by atoms with Gasteiger partial charge in [0, 0.05) is 23.4 Å². The van der Waals surface area contributed by atoms with Crippen LogP contribution in [0.4, 0.5) is 18.9 Å². The van der Waals surface area contributed by atoms with Crippen LogP contribution < -0.4 is 5.32 Å². The zero-order chi connectivity index (χ0) is 27.1. The van der Waals surface area contributed by atoms with E-state index in [1.807, 2.05) is 0 Å². The molecular formula is C26H29ClF3NO5S. The molecule has 37 heavy (non-hydrogen) atoms. The lowest BCUT2D eigenvalue weighted by Crippen LogP contribution is -2.48. The number of nitrogens with one attached hydrogen (secondary N) is 1. The van der Waals surface area contributed by atoms with Crippen LogP contribution in [-0.2, 0) is 9.84 Å². The molecule has 2 bridgehead atoms. The van der Waals surface area contributed by atoms with Crippen LogP contribution in [0.15, 0.2) is 35.2 Å². The number of anilines is 1. The van der Waals surface area contributed by atoms with Gasteiger partial charge in [0.15, 0.2) is 27.3 Å². The summed E-state index contributed by atoms with van der Waals surface area (Å²) < 4.78 is 67.5. The summed E-state index contributed by atoms with van der Waals surface area (Å²) in [5, 5.41) is 22.3. The molecule has 4 rings (SSSR count). The third kappa shape index (κ3) is 5.53. The van der Waals surface area contributed by atoms with E-state index in [2.05, 4.69) is 5.32 Å². The lowest BCUT2D eigenvalue weighted by molar-refractivity contribution is -0.0675. The summed E-state index contributed by atoms with van der Waals surface area (Å²) in [5.41, 5.74) is -1.41. The van der Waals surface area contributed by atoms with Crippen molar-refractivity contribution in [3.8, 4) is 0 Å². The van der Waals surface area contributed by atoms with Gasteiger partial charge in [-0.05, 0) is 81.9 Å². The van der Waals surface area contributed by atoms with Gasteiger partial charge in [0.25, 0.3) is 5.91 Å². The standard InChI is InChI=1S/C26H29ClF3NO5S/c1-14(32)3-2-8-26(34)16-5-6-17(26)11-19(10-16)37(35,36)23-9-15(4-7-20(23)27)25(33)31-18-12-21(28)24(30)22(29)13-18/h4,7,9,12-14,16-17,19,32,34H,2-3,5-6,8,10-11H2,1H3,(H,31,33)/t14?,16-,17?,19?,26?/m0/s1. The molecule has 3 N–H and O–H groups in total. The van der Waals surface area contributed by atoms with Crippen LogP contribution in [0.1, 0.15) is 62.2 Å². The third-order valence-electron chi connectivity index (χ3n) is 7.75. The summed E-state index contributed by atoms with van der Waals surface area (Å²) in [6, 6.07) is 4.89. The molecule has 2 aliphatic carbocycles. The number of amides is 1.